The van der Waals surface area contributed by atoms with Crippen LogP contribution in [-0.4, -0.2) is 64.2 Å². The lowest BCUT2D eigenvalue weighted by molar-refractivity contribution is -0.200. The number of hydrogen-bond acceptors (Lipinski definition) is 9. The molecular weight excluding hydrogens is 484 g/mol. The number of carbonyl (C=O) groups excluding carboxylic acids is 2. The standard InChI is InChI=1S/C22H28N2O8S2/c1-29-21(26)24-10-9-22(34(27,28)14-11-24,15-19(25)23-32-20-6-2-3-12-31-20)18-8-7-17(33-18)16-5-4-13-30-16/h4-5,7-8,13,20H,2-3,6,9-12,14-15H2,1H3,(H,23,25)/t20?,22-/m0/s1. The third kappa shape index (κ3) is 5.14. The molecule has 2 atom stereocenters. The number of hydrogen-bond donors (Lipinski definition) is 1. The van der Waals surface area contributed by atoms with E-state index in [1.807, 2.05) is 0 Å². The van der Waals surface area contributed by atoms with Gasteiger partial charge in [-0.15, -0.1) is 11.3 Å². The van der Waals surface area contributed by atoms with E-state index in [1.54, 1.807) is 30.5 Å². The molecule has 0 radical (unpaired) electrons. The average Bonchev–Trinajstić information content (AvgIpc) is 3.52. The van der Waals surface area contributed by atoms with Gasteiger partial charge in [0.15, 0.2) is 16.1 Å². The van der Waals surface area contributed by atoms with E-state index in [1.165, 1.54) is 23.3 Å². The third-order valence-electron chi connectivity index (χ3n) is 6.15. The van der Waals surface area contributed by atoms with E-state index < -0.39 is 32.9 Å². The number of rotatable bonds is 6. The summed E-state index contributed by atoms with van der Waals surface area (Å²) in [5, 5.41) is 0. The van der Waals surface area contributed by atoms with Gasteiger partial charge in [-0.3, -0.25) is 4.79 Å². The molecule has 2 amide bonds. The number of methoxy groups -OCH3 is 1. The molecule has 2 aromatic heterocycles. The number of carbonyl (C=O) groups is 2. The SMILES string of the molecule is COC(=O)N1CC[C@](CC(=O)NOC2CCCCO2)(c2ccc(-c3ccco3)s2)S(=O)(=O)CC1. The zero-order valence-electron chi connectivity index (χ0n) is 18.9. The summed E-state index contributed by atoms with van der Waals surface area (Å²) in [5.74, 6) is -0.260. The first-order valence-electron chi connectivity index (χ1n) is 11.1. The lowest BCUT2D eigenvalue weighted by atomic mass is 9.97. The van der Waals surface area contributed by atoms with Crippen LogP contribution >= 0.6 is 11.3 Å². The summed E-state index contributed by atoms with van der Waals surface area (Å²) in [6.45, 7) is 0.661. The van der Waals surface area contributed by atoms with Gasteiger partial charge in [0.1, 0.15) is 10.5 Å². The topological polar surface area (TPSA) is 124 Å². The van der Waals surface area contributed by atoms with Crippen LogP contribution in [0, 0.1) is 0 Å². The van der Waals surface area contributed by atoms with Gasteiger partial charge in [-0.05, 0) is 43.5 Å². The van der Waals surface area contributed by atoms with Crippen LogP contribution in [-0.2, 0) is 33.7 Å². The number of sulfone groups is 1. The van der Waals surface area contributed by atoms with E-state index in [0.717, 1.165) is 17.7 Å². The molecule has 186 valence electrons. The second-order valence-corrected chi connectivity index (χ2v) is 11.8. The molecule has 2 saturated heterocycles. The molecule has 0 saturated carbocycles. The Kier molecular flexibility index (Phi) is 7.60. The van der Waals surface area contributed by atoms with E-state index >= 15 is 0 Å². The minimum Gasteiger partial charge on any atom is -0.464 e. The second-order valence-electron chi connectivity index (χ2n) is 8.28. The molecule has 0 bridgehead atoms. The Morgan fingerprint density at radius 3 is 2.82 bits per heavy atom. The Morgan fingerprint density at radius 2 is 2.12 bits per heavy atom. The van der Waals surface area contributed by atoms with Crippen molar-refractivity contribution in [2.45, 2.75) is 43.1 Å². The van der Waals surface area contributed by atoms with E-state index in [4.69, 9.17) is 18.7 Å². The summed E-state index contributed by atoms with van der Waals surface area (Å²) >= 11 is 1.26. The highest BCUT2D eigenvalue weighted by Crippen LogP contribution is 2.45. The van der Waals surface area contributed by atoms with Gasteiger partial charge in [0.25, 0.3) is 0 Å². The molecule has 1 N–H and O–H groups in total. The molecule has 0 aromatic carbocycles. The molecule has 10 nitrogen and oxygen atoms in total. The van der Waals surface area contributed by atoms with Crippen LogP contribution in [0.15, 0.2) is 34.9 Å². The van der Waals surface area contributed by atoms with Crippen molar-refractivity contribution in [2.24, 2.45) is 0 Å². The zero-order valence-corrected chi connectivity index (χ0v) is 20.5. The fourth-order valence-electron chi connectivity index (χ4n) is 4.25. The van der Waals surface area contributed by atoms with E-state index in [-0.39, 0.29) is 31.7 Å². The van der Waals surface area contributed by atoms with Crippen LogP contribution in [0.2, 0.25) is 0 Å². The summed E-state index contributed by atoms with van der Waals surface area (Å²) < 4.78 is 41.5. The van der Waals surface area contributed by atoms with Crippen molar-refractivity contribution >= 4 is 33.2 Å². The lowest BCUT2D eigenvalue weighted by Crippen LogP contribution is -2.43. The quantitative estimate of drug-likeness (QED) is 0.586. The molecule has 34 heavy (non-hydrogen) atoms. The van der Waals surface area contributed by atoms with Crippen LogP contribution < -0.4 is 5.48 Å². The fraction of sp³-hybridized carbons (Fsp3) is 0.545. The molecule has 1 unspecified atom stereocenters. The van der Waals surface area contributed by atoms with Crippen LogP contribution in [0.1, 0.15) is 37.0 Å². The highest BCUT2D eigenvalue weighted by atomic mass is 32.2. The number of nitrogens with zero attached hydrogens (tertiary/aromatic N) is 1. The maximum atomic E-state index is 13.7. The molecule has 2 fully saturated rings. The Balaban J connectivity index is 1.63. The minimum atomic E-state index is -3.86. The van der Waals surface area contributed by atoms with Crippen molar-refractivity contribution < 1.29 is 36.7 Å². The molecule has 0 aliphatic carbocycles. The second kappa shape index (κ2) is 10.5. The Morgan fingerprint density at radius 1 is 1.26 bits per heavy atom. The predicted molar refractivity (Wildman–Crippen MR) is 124 cm³/mol. The van der Waals surface area contributed by atoms with Crippen molar-refractivity contribution in [3.63, 3.8) is 0 Å². The minimum absolute atomic E-state index is 0.0127. The van der Waals surface area contributed by atoms with E-state index in [9.17, 15) is 18.0 Å². The van der Waals surface area contributed by atoms with E-state index in [0.29, 0.717) is 23.7 Å². The molecule has 2 aliphatic rings. The van der Waals surface area contributed by atoms with Crippen molar-refractivity contribution in [1.29, 1.82) is 0 Å². The van der Waals surface area contributed by atoms with Gasteiger partial charge in [0, 0.05) is 31.0 Å². The monoisotopic (exact) mass is 512 g/mol. The molecule has 4 rings (SSSR count). The Hall–Kier alpha value is -2.41. The molecule has 12 heteroatoms. The summed E-state index contributed by atoms with van der Waals surface area (Å²) in [4.78, 5) is 33.1. The predicted octanol–water partition coefficient (Wildman–Crippen LogP) is 3.05. The highest BCUT2D eigenvalue weighted by molar-refractivity contribution is 7.92. The summed E-state index contributed by atoms with van der Waals surface area (Å²) in [5.41, 5.74) is 2.38. The highest BCUT2D eigenvalue weighted by Gasteiger charge is 2.50. The molecule has 2 aromatic rings. The maximum Gasteiger partial charge on any atom is 0.409 e. The molecule has 0 spiro atoms. The van der Waals surface area contributed by atoms with Crippen molar-refractivity contribution in [3.05, 3.63) is 35.4 Å². The Labute approximate surface area is 202 Å². The zero-order chi connectivity index (χ0) is 24.2. The van der Waals surface area contributed by atoms with Gasteiger partial charge in [-0.2, -0.15) is 0 Å². The summed E-state index contributed by atoms with van der Waals surface area (Å²) in [6, 6.07) is 7.03. The molecule has 4 heterocycles. The average molecular weight is 513 g/mol. The maximum absolute atomic E-state index is 13.7. The summed E-state index contributed by atoms with van der Waals surface area (Å²) in [6.07, 6.45) is 2.58. The van der Waals surface area contributed by atoms with Gasteiger partial charge in [-0.1, -0.05) is 0 Å². The number of ether oxygens (including phenoxy) is 2. The van der Waals surface area contributed by atoms with Crippen molar-refractivity contribution in [2.75, 3.05) is 32.6 Å². The van der Waals surface area contributed by atoms with Gasteiger partial charge in [0.2, 0.25) is 5.91 Å². The number of furan rings is 1. The lowest BCUT2D eigenvalue weighted by Gasteiger charge is -2.31. The Bertz CT molecular complexity index is 1090. The van der Waals surface area contributed by atoms with Crippen LogP contribution in [0.3, 0.4) is 0 Å². The normalized spacial score (nSPS) is 24.9. The van der Waals surface area contributed by atoms with Crippen molar-refractivity contribution in [1.82, 2.24) is 10.4 Å². The van der Waals surface area contributed by atoms with Crippen LogP contribution in [0.25, 0.3) is 10.6 Å². The first-order valence-corrected chi connectivity index (χ1v) is 13.6. The van der Waals surface area contributed by atoms with E-state index in [2.05, 4.69) is 5.48 Å². The number of thiophene rings is 1. The van der Waals surface area contributed by atoms with Crippen LogP contribution in [0.5, 0.6) is 0 Å². The van der Waals surface area contributed by atoms with Gasteiger partial charge < -0.3 is 18.8 Å². The third-order valence-corrected chi connectivity index (χ3v) is 10.1. The molecular formula is C22H28N2O8S2. The molecule has 2 aliphatic heterocycles. The van der Waals surface area contributed by atoms with Gasteiger partial charge in [0.05, 0.1) is 30.4 Å². The smallest absolute Gasteiger partial charge is 0.409 e. The number of hydroxylamine groups is 1. The first-order chi connectivity index (χ1) is 16.3. The first kappa shape index (κ1) is 24.7. The van der Waals surface area contributed by atoms with Gasteiger partial charge in [-0.25, -0.2) is 23.5 Å². The largest absolute Gasteiger partial charge is 0.464 e. The summed E-state index contributed by atoms with van der Waals surface area (Å²) in [7, 11) is -2.61. The van der Waals surface area contributed by atoms with Crippen LogP contribution in [0.4, 0.5) is 4.79 Å². The number of amides is 2. The fourth-order valence-corrected chi connectivity index (χ4v) is 7.82. The van der Waals surface area contributed by atoms with Crippen molar-refractivity contribution in [3.8, 4) is 10.6 Å². The van der Waals surface area contributed by atoms with Gasteiger partial charge >= 0.3 is 6.09 Å². The number of nitrogens with one attached hydrogen (secondary N) is 1.